The van der Waals surface area contributed by atoms with Crippen molar-refractivity contribution in [3.63, 3.8) is 0 Å². The second-order valence-corrected chi connectivity index (χ2v) is 5.24. The van der Waals surface area contributed by atoms with Gasteiger partial charge >= 0.3 is 0 Å². The van der Waals surface area contributed by atoms with Crippen molar-refractivity contribution < 1.29 is 19.7 Å². The molecular weight excluding hydrogens is 268 g/mol. The Bertz CT molecular complexity index is 412. The molecule has 0 saturated carbocycles. The Labute approximate surface area is 126 Å². The van der Waals surface area contributed by atoms with E-state index < -0.39 is 12.2 Å². The molecule has 116 valence electrons. The number of ether oxygens (including phenoxy) is 2. The minimum Gasteiger partial charge on any atom is -0.396 e. The highest BCUT2D eigenvalue weighted by molar-refractivity contribution is 5.49. The van der Waals surface area contributed by atoms with Gasteiger partial charge in [-0.3, -0.25) is 0 Å². The number of hydrogen-bond donors (Lipinski definition) is 2. The van der Waals surface area contributed by atoms with Gasteiger partial charge in [-0.05, 0) is 31.2 Å². The maximum absolute atomic E-state index is 10.3. The normalized spacial score (nSPS) is 22.3. The van der Waals surface area contributed by atoms with Gasteiger partial charge in [0.15, 0.2) is 6.29 Å². The Morgan fingerprint density at radius 3 is 2.76 bits per heavy atom. The first kappa shape index (κ1) is 16.2. The fraction of sp³-hybridized carbons (Fsp3) is 0.529. The molecule has 4 nitrogen and oxygen atoms in total. The summed E-state index contributed by atoms with van der Waals surface area (Å²) in [4.78, 5) is 0. The maximum atomic E-state index is 10.3. The van der Waals surface area contributed by atoms with Crippen molar-refractivity contribution in [3.8, 4) is 0 Å². The molecule has 1 aromatic rings. The fourth-order valence-electron chi connectivity index (χ4n) is 2.36. The van der Waals surface area contributed by atoms with Crippen LogP contribution in [-0.2, 0) is 9.47 Å². The molecule has 1 unspecified atom stereocenters. The van der Waals surface area contributed by atoms with Gasteiger partial charge in [0.25, 0.3) is 0 Å². The third-order valence-corrected chi connectivity index (χ3v) is 3.54. The van der Waals surface area contributed by atoms with Gasteiger partial charge in [-0.15, -0.1) is 0 Å². The summed E-state index contributed by atoms with van der Waals surface area (Å²) in [6, 6.07) is 9.78. The molecule has 0 spiro atoms. The first-order valence-electron chi connectivity index (χ1n) is 7.59. The summed E-state index contributed by atoms with van der Waals surface area (Å²) in [5, 5.41) is 19.4. The van der Waals surface area contributed by atoms with E-state index in [2.05, 4.69) is 0 Å². The summed E-state index contributed by atoms with van der Waals surface area (Å²) >= 11 is 0. The molecule has 2 N–H and O–H groups in total. The average Bonchev–Trinajstić information content (AvgIpc) is 2.54. The summed E-state index contributed by atoms with van der Waals surface area (Å²) in [7, 11) is 0. The van der Waals surface area contributed by atoms with Crippen molar-refractivity contribution in [2.45, 2.75) is 44.2 Å². The molecule has 21 heavy (non-hydrogen) atoms. The number of benzene rings is 1. The molecule has 1 fully saturated rings. The van der Waals surface area contributed by atoms with Gasteiger partial charge in [0.1, 0.15) is 0 Å². The Morgan fingerprint density at radius 2 is 2.10 bits per heavy atom. The van der Waals surface area contributed by atoms with E-state index in [-0.39, 0.29) is 12.9 Å². The quantitative estimate of drug-likeness (QED) is 0.810. The van der Waals surface area contributed by atoms with E-state index in [1.54, 1.807) is 6.08 Å². The maximum Gasteiger partial charge on any atom is 0.158 e. The molecule has 4 heteroatoms. The highest BCUT2D eigenvalue weighted by atomic mass is 16.7. The van der Waals surface area contributed by atoms with Gasteiger partial charge < -0.3 is 19.7 Å². The van der Waals surface area contributed by atoms with Crippen LogP contribution >= 0.6 is 0 Å². The molecule has 0 aliphatic carbocycles. The second kappa shape index (κ2) is 8.95. The van der Waals surface area contributed by atoms with Gasteiger partial charge in [0.05, 0.1) is 12.2 Å². The van der Waals surface area contributed by atoms with Gasteiger partial charge in [-0.2, -0.15) is 0 Å². The Hall–Kier alpha value is -1.20. The van der Waals surface area contributed by atoms with Gasteiger partial charge in [0.2, 0.25) is 0 Å². The monoisotopic (exact) mass is 292 g/mol. The molecule has 2 rings (SSSR count). The molecule has 0 bridgehead atoms. The molecule has 1 aromatic carbocycles. The van der Waals surface area contributed by atoms with Crippen LogP contribution in [0.15, 0.2) is 36.4 Å². The Morgan fingerprint density at radius 1 is 1.29 bits per heavy atom. The molecule has 1 aliphatic heterocycles. The first-order valence-corrected chi connectivity index (χ1v) is 7.59. The lowest BCUT2D eigenvalue weighted by Crippen LogP contribution is -2.35. The van der Waals surface area contributed by atoms with Crippen molar-refractivity contribution in [1.29, 1.82) is 0 Å². The van der Waals surface area contributed by atoms with Crippen LogP contribution < -0.4 is 0 Å². The molecule has 1 saturated heterocycles. The lowest BCUT2D eigenvalue weighted by Gasteiger charge is -2.29. The van der Waals surface area contributed by atoms with Crippen LogP contribution in [0.3, 0.4) is 0 Å². The Balaban J connectivity index is 1.91. The number of aliphatic hydroxyl groups excluding tert-OH is 2. The summed E-state index contributed by atoms with van der Waals surface area (Å²) in [5.74, 6) is 0. The average molecular weight is 292 g/mol. The zero-order chi connectivity index (χ0) is 14.9. The van der Waals surface area contributed by atoms with Gasteiger partial charge in [-0.1, -0.05) is 42.5 Å². The highest BCUT2D eigenvalue weighted by Crippen LogP contribution is 2.19. The van der Waals surface area contributed by atoms with E-state index in [1.807, 2.05) is 36.4 Å². The topological polar surface area (TPSA) is 58.9 Å². The van der Waals surface area contributed by atoms with E-state index >= 15 is 0 Å². The van der Waals surface area contributed by atoms with Crippen LogP contribution in [0, 0.1) is 0 Å². The molecular formula is C17H24O4. The summed E-state index contributed by atoms with van der Waals surface area (Å²) in [6.45, 7) is 0.681. The van der Waals surface area contributed by atoms with E-state index in [0.717, 1.165) is 24.8 Å². The molecule has 1 heterocycles. The third-order valence-electron chi connectivity index (χ3n) is 3.54. The highest BCUT2D eigenvalue weighted by Gasteiger charge is 2.23. The minimum absolute atomic E-state index is 0.0202. The van der Waals surface area contributed by atoms with Crippen LogP contribution in [0.4, 0.5) is 0 Å². The summed E-state index contributed by atoms with van der Waals surface area (Å²) < 4.78 is 11.3. The van der Waals surface area contributed by atoms with Crippen molar-refractivity contribution >= 4 is 6.08 Å². The molecule has 3 atom stereocenters. The van der Waals surface area contributed by atoms with E-state index in [4.69, 9.17) is 14.6 Å². The Kier molecular flexibility index (Phi) is 6.89. The lowest BCUT2D eigenvalue weighted by atomic mass is 10.1. The van der Waals surface area contributed by atoms with Crippen LogP contribution in [0.5, 0.6) is 0 Å². The van der Waals surface area contributed by atoms with E-state index in [9.17, 15) is 5.11 Å². The fourth-order valence-corrected chi connectivity index (χ4v) is 2.36. The molecule has 0 amide bonds. The standard InChI is InChI=1S/C17H24O4/c18-12-11-16(21-17-8-4-5-13-20-17)15(19)10-9-14-6-2-1-3-7-14/h1-3,6-7,9-10,15-19H,4-5,8,11-13H2/b10-9+/t15-,16-,17?/m0/s1. The SMILES string of the molecule is OCC[C@H](OC1CCCCO1)[C@@H](O)/C=C/c1ccccc1. The number of rotatable bonds is 7. The minimum atomic E-state index is -0.761. The van der Waals surface area contributed by atoms with E-state index in [1.165, 1.54) is 0 Å². The molecule has 0 radical (unpaired) electrons. The lowest BCUT2D eigenvalue weighted by molar-refractivity contribution is -0.204. The molecule has 1 aliphatic rings. The van der Waals surface area contributed by atoms with Crippen molar-refractivity contribution in [2.75, 3.05) is 13.2 Å². The zero-order valence-corrected chi connectivity index (χ0v) is 12.2. The van der Waals surface area contributed by atoms with Crippen LogP contribution in [0.2, 0.25) is 0 Å². The van der Waals surface area contributed by atoms with E-state index in [0.29, 0.717) is 13.0 Å². The second-order valence-electron chi connectivity index (χ2n) is 5.24. The first-order chi connectivity index (χ1) is 10.3. The third kappa shape index (κ3) is 5.59. The van der Waals surface area contributed by atoms with Gasteiger partial charge in [-0.25, -0.2) is 0 Å². The predicted molar refractivity (Wildman–Crippen MR) is 81.6 cm³/mol. The summed E-state index contributed by atoms with van der Waals surface area (Å²) in [5.41, 5.74) is 1.02. The van der Waals surface area contributed by atoms with Crippen LogP contribution in [0.25, 0.3) is 6.08 Å². The number of hydrogen-bond acceptors (Lipinski definition) is 4. The summed E-state index contributed by atoms with van der Waals surface area (Å²) in [6.07, 6.45) is 5.46. The smallest absolute Gasteiger partial charge is 0.158 e. The van der Waals surface area contributed by atoms with Crippen LogP contribution in [0.1, 0.15) is 31.2 Å². The zero-order valence-electron chi connectivity index (χ0n) is 12.2. The van der Waals surface area contributed by atoms with Crippen molar-refractivity contribution in [1.82, 2.24) is 0 Å². The predicted octanol–water partition coefficient (Wildman–Crippen LogP) is 2.35. The largest absolute Gasteiger partial charge is 0.396 e. The van der Waals surface area contributed by atoms with Crippen molar-refractivity contribution in [2.24, 2.45) is 0 Å². The van der Waals surface area contributed by atoms with Gasteiger partial charge in [0, 0.05) is 13.2 Å². The van der Waals surface area contributed by atoms with Crippen molar-refractivity contribution in [3.05, 3.63) is 42.0 Å². The van der Waals surface area contributed by atoms with Crippen LogP contribution in [-0.4, -0.2) is 41.9 Å². The molecule has 0 aromatic heterocycles. The number of aliphatic hydroxyl groups is 2.